The molecule has 6 nitrogen and oxygen atoms in total. The molecular weight excluding hydrogens is 500 g/mol. The van der Waals surface area contributed by atoms with Gasteiger partial charge in [0.25, 0.3) is 0 Å². The summed E-state index contributed by atoms with van der Waals surface area (Å²) in [5.41, 5.74) is 17.8. The van der Waals surface area contributed by atoms with Crippen LogP contribution in [-0.4, -0.2) is 38.6 Å². The molecule has 0 aromatic heterocycles. The van der Waals surface area contributed by atoms with Crippen LogP contribution in [0.25, 0.3) is 0 Å². The second kappa shape index (κ2) is 12.5. The number of hydrogen-bond acceptors (Lipinski definition) is 6. The third-order valence-electron chi connectivity index (χ3n) is 7.20. The predicted molar refractivity (Wildman–Crippen MR) is 160 cm³/mol. The fourth-order valence-electron chi connectivity index (χ4n) is 4.32. The van der Waals surface area contributed by atoms with Gasteiger partial charge in [-0.15, -0.1) is 0 Å². The third-order valence-corrected chi connectivity index (χ3v) is 7.20. The van der Waals surface area contributed by atoms with Crippen LogP contribution in [0.5, 0.6) is 11.5 Å². The number of nitrogens with two attached hydrogens (primary N) is 2. The molecule has 2 unspecified atom stereocenters. The first-order chi connectivity index (χ1) is 19.3. The van der Waals surface area contributed by atoms with Crippen molar-refractivity contribution in [3.05, 3.63) is 119 Å². The Balaban J connectivity index is 0.000000184. The van der Waals surface area contributed by atoms with Crippen molar-refractivity contribution in [2.45, 2.75) is 37.9 Å². The van der Waals surface area contributed by atoms with Crippen molar-refractivity contribution in [3.8, 4) is 11.5 Å². The molecule has 2 aliphatic rings. The van der Waals surface area contributed by atoms with Gasteiger partial charge in [-0.2, -0.15) is 0 Å². The summed E-state index contributed by atoms with van der Waals surface area (Å²) in [5, 5.41) is 0. The minimum Gasteiger partial charge on any atom is -0.491 e. The van der Waals surface area contributed by atoms with E-state index in [4.69, 9.17) is 30.4 Å². The van der Waals surface area contributed by atoms with E-state index < -0.39 is 0 Å². The Labute approximate surface area is 236 Å². The molecule has 2 heterocycles. The number of epoxide rings is 2. The molecular formula is C34H38N2O4. The van der Waals surface area contributed by atoms with Crippen molar-refractivity contribution < 1.29 is 18.9 Å². The number of hydrogen-bond donors (Lipinski definition) is 2. The SMILES string of the molecule is CC(C)(c1ccc(OCC2CO2)cc1)c1ccc(OCC2CO2)cc1.Nc1ccc(Cc2ccc(N)cc2)cc1. The van der Waals surface area contributed by atoms with Crippen LogP contribution in [0.1, 0.15) is 36.1 Å². The van der Waals surface area contributed by atoms with E-state index in [9.17, 15) is 0 Å². The zero-order valence-electron chi connectivity index (χ0n) is 23.2. The number of benzene rings is 4. The van der Waals surface area contributed by atoms with E-state index in [0.717, 1.165) is 42.5 Å². The van der Waals surface area contributed by atoms with E-state index in [1.54, 1.807) is 0 Å². The largest absolute Gasteiger partial charge is 0.491 e. The summed E-state index contributed by atoms with van der Waals surface area (Å²) in [4.78, 5) is 0. The molecule has 0 bridgehead atoms. The van der Waals surface area contributed by atoms with Gasteiger partial charge in [0.15, 0.2) is 0 Å². The molecule has 0 saturated carbocycles. The summed E-state index contributed by atoms with van der Waals surface area (Å²) in [5.74, 6) is 1.78. The molecule has 4 N–H and O–H groups in total. The summed E-state index contributed by atoms with van der Waals surface area (Å²) in [7, 11) is 0. The van der Waals surface area contributed by atoms with Crippen LogP contribution >= 0.6 is 0 Å². The van der Waals surface area contributed by atoms with Crippen molar-refractivity contribution in [2.24, 2.45) is 0 Å². The molecule has 0 aliphatic carbocycles. The van der Waals surface area contributed by atoms with E-state index in [-0.39, 0.29) is 17.6 Å². The second-order valence-electron chi connectivity index (χ2n) is 10.9. The maximum atomic E-state index is 5.72. The standard InChI is InChI=1S/C21H24O4.C13H14N2/c1-21(2,15-3-7-17(8-4-15)22-11-19-13-24-19)16-5-9-18(10-6-16)23-12-20-14-25-20;14-12-5-1-10(2-6-12)9-11-3-7-13(15)8-4-11/h3-10,19-20H,11-14H2,1-2H3;1-8H,9,14-15H2. The summed E-state index contributed by atoms with van der Waals surface area (Å²) in [6, 6.07) is 32.6. The van der Waals surface area contributed by atoms with Crippen molar-refractivity contribution in [1.29, 1.82) is 0 Å². The molecule has 2 fully saturated rings. The molecule has 40 heavy (non-hydrogen) atoms. The van der Waals surface area contributed by atoms with E-state index >= 15 is 0 Å². The van der Waals surface area contributed by atoms with Gasteiger partial charge < -0.3 is 30.4 Å². The van der Waals surface area contributed by atoms with Gasteiger partial charge in [-0.25, -0.2) is 0 Å². The van der Waals surface area contributed by atoms with E-state index in [2.05, 4.69) is 38.1 Å². The molecule has 6 rings (SSSR count). The maximum Gasteiger partial charge on any atom is 0.119 e. The van der Waals surface area contributed by atoms with Crippen molar-refractivity contribution in [3.63, 3.8) is 0 Å². The first-order valence-electron chi connectivity index (χ1n) is 13.7. The minimum absolute atomic E-state index is 0.0870. The van der Waals surface area contributed by atoms with Gasteiger partial charge in [-0.3, -0.25) is 0 Å². The highest BCUT2D eigenvalue weighted by atomic mass is 16.6. The first-order valence-corrected chi connectivity index (χ1v) is 13.7. The Morgan fingerprint density at radius 3 is 1.27 bits per heavy atom. The lowest BCUT2D eigenvalue weighted by atomic mass is 9.78. The van der Waals surface area contributed by atoms with Gasteiger partial charge >= 0.3 is 0 Å². The topological polar surface area (TPSA) is 95.6 Å². The lowest BCUT2D eigenvalue weighted by Gasteiger charge is -2.26. The molecule has 6 heteroatoms. The molecule has 2 aliphatic heterocycles. The number of rotatable bonds is 10. The second-order valence-corrected chi connectivity index (χ2v) is 10.9. The summed E-state index contributed by atoms with van der Waals surface area (Å²) < 4.78 is 21.8. The van der Waals surface area contributed by atoms with E-state index in [1.807, 2.05) is 72.8 Å². The normalized spacial score (nSPS) is 17.4. The summed E-state index contributed by atoms with van der Waals surface area (Å²) in [6.45, 7) is 7.37. The van der Waals surface area contributed by atoms with Crippen LogP contribution in [0.2, 0.25) is 0 Å². The van der Waals surface area contributed by atoms with Gasteiger partial charge in [-0.05, 0) is 77.2 Å². The molecule has 4 aromatic rings. The monoisotopic (exact) mass is 538 g/mol. The Hall–Kier alpha value is -4.00. The lowest BCUT2D eigenvalue weighted by molar-refractivity contribution is 0.263. The summed E-state index contributed by atoms with van der Waals surface area (Å²) in [6.07, 6.45) is 1.48. The molecule has 4 aromatic carbocycles. The van der Waals surface area contributed by atoms with Crippen LogP contribution < -0.4 is 20.9 Å². The van der Waals surface area contributed by atoms with Gasteiger partial charge in [0.2, 0.25) is 0 Å². The van der Waals surface area contributed by atoms with Gasteiger partial charge in [0, 0.05) is 16.8 Å². The molecule has 0 radical (unpaired) electrons. The fraction of sp³-hybridized carbons (Fsp3) is 0.294. The Bertz CT molecular complexity index is 1240. The van der Waals surface area contributed by atoms with Crippen LogP contribution in [-0.2, 0) is 21.3 Å². The Morgan fingerprint density at radius 1 is 0.600 bits per heavy atom. The summed E-state index contributed by atoms with van der Waals surface area (Å²) >= 11 is 0. The molecule has 208 valence electrons. The number of ether oxygens (including phenoxy) is 4. The van der Waals surface area contributed by atoms with Crippen LogP contribution in [0, 0.1) is 0 Å². The Morgan fingerprint density at radius 2 is 0.950 bits per heavy atom. The molecule has 0 spiro atoms. The average molecular weight is 539 g/mol. The van der Waals surface area contributed by atoms with Crippen LogP contribution in [0.4, 0.5) is 11.4 Å². The number of nitrogen functional groups attached to an aromatic ring is 2. The quantitative estimate of drug-likeness (QED) is 0.190. The highest BCUT2D eigenvalue weighted by Gasteiger charge is 2.25. The van der Waals surface area contributed by atoms with Crippen molar-refractivity contribution >= 4 is 11.4 Å². The fourth-order valence-corrected chi connectivity index (χ4v) is 4.32. The van der Waals surface area contributed by atoms with Gasteiger partial charge in [-0.1, -0.05) is 62.4 Å². The first kappa shape index (κ1) is 27.6. The van der Waals surface area contributed by atoms with E-state index in [0.29, 0.717) is 13.2 Å². The van der Waals surface area contributed by atoms with Crippen LogP contribution in [0.3, 0.4) is 0 Å². The molecule has 2 atom stereocenters. The van der Waals surface area contributed by atoms with E-state index in [1.165, 1.54) is 22.3 Å². The Kier molecular flexibility index (Phi) is 8.58. The average Bonchev–Trinajstić information content (AvgIpc) is 3.90. The molecule has 2 saturated heterocycles. The predicted octanol–water partition coefficient (Wildman–Crippen LogP) is 6.01. The zero-order chi connectivity index (χ0) is 28.0. The van der Waals surface area contributed by atoms with Gasteiger partial charge in [0.05, 0.1) is 13.2 Å². The van der Waals surface area contributed by atoms with Crippen molar-refractivity contribution in [2.75, 3.05) is 37.9 Å². The van der Waals surface area contributed by atoms with Gasteiger partial charge in [0.1, 0.15) is 36.9 Å². The lowest BCUT2D eigenvalue weighted by Crippen LogP contribution is -2.18. The van der Waals surface area contributed by atoms with Crippen molar-refractivity contribution in [1.82, 2.24) is 0 Å². The maximum absolute atomic E-state index is 5.72. The molecule has 0 amide bonds. The smallest absolute Gasteiger partial charge is 0.119 e. The minimum atomic E-state index is -0.0870. The number of anilines is 2. The highest BCUT2D eigenvalue weighted by molar-refractivity contribution is 5.44. The van der Waals surface area contributed by atoms with Crippen LogP contribution in [0.15, 0.2) is 97.1 Å². The highest BCUT2D eigenvalue weighted by Crippen LogP contribution is 2.33. The zero-order valence-corrected chi connectivity index (χ0v) is 23.2. The third kappa shape index (κ3) is 8.01.